The second-order valence-corrected chi connectivity index (χ2v) is 20.6. The molecular weight excluding hydrogens is 1110 g/mol. The van der Waals surface area contributed by atoms with Gasteiger partial charge in [-0.05, 0) is 172 Å². The maximum absolute atomic E-state index is 13.4. The highest BCUT2D eigenvalue weighted by molar-refractivity contribution is 9.10. The largest absolute Gasteiger partial charge is 0.488 e. The topological polar surface area (TPSA) is 133 Å². The molecule has 2 aromatic heterocycles. The first-order valence-electron chi connectivity index (χ1n) is 25.1. The number of aromatic nitrogens is 2. The highest BCUT2D eigenvalue weighted by Gasteiger charge is 2.26. The second-order valence-electron chi connectivity index (χ2n) is 18.8. The second kappa shape index (κ2) is 24.0. The van der Waals surface area contributed by atoms with E-state index < -0.39 is 11.9 Å². The van der Waals surface area contributed by atoms with Crippen molar-refractivity contribution < 1.29 is 47.3 Å². The van der Waals surface area contributed by atoms with Crippen molar-refractivity contribution in [1.82, 2.24) is 9.13 Å². The number of nitrogens with zero attached hydrogens (tertiary/aromatic N) is 4. The van der Waals surface area contributed by atoms with E-state index in [0.29, 0.717) is 60.1 Å². The van der Waals surface area contributed by atoms with E-state index in [2.05, 4.69) is 31.9 Å². The van der Waals surface area contributed by atoms with E-state index in [4.69, 9.17) is 14.2 Å². The lowest BCUT2D eigenvalue weighted by Crippen LogP contribution is -2.35. The van der Waals surface area contributed by atoms with E-state index >= 15 is 0 Å². The average molecular weight is 1170 g/mol. The summed E-state index contributed by atoms with van der Waals surface area (Å²) in [7, 11) is 1.35. The molecule has 8 aromatic rings. The maximum Gasteiger partial charge on any atom is 0.337 e. The number of carboxylic acids is 1. The molecule has 0 bridgehead atoms. The van der Waals surface area contributed by atoms with Crippen LogP contribution >= 0.6 is 31.9 Å². The number of halogens is 4. The zero-order valence-electron chi connectivity index (χ0n) is 42.5. The summed E-state index contributed by atoms with van der Waals surface area (Å²) in [5, 5.41) is 9.86. The average Bonchev–Trinajstić information content (AvgIpc) is 4.02. The number of esters is 1. The number of amides is 2. The SMILES string of the molecule is COC(=O)c1cc(N2CCCCC2=O)cc(-n2c(C)ccc2-c2cc(Br)ccc2OCc2ccc(F)cc2)c1.Cc1ccc(-c2cc(Br)ccc2OCc2ccc(F)cc2)n1-c1cc(C(=O)O)cc(N2CCCCC2=O)c1. The molecule has 77 heavy (non-hydrogen) atoms. The Kier molecular flexibility index (Phi) is 16.8. The van der Waals surface area contributed by atoms with Crippen LogP contribution in [0.15, 0.2) is 155 Å². The number of anilines is 2. The maximum atomic E-state index is 13.4. The lowest BCUT2D eigenvalue weighted by molar-refractivity contribution is -0.120. The Morgan fingerprint density at radius 2 is 0.948 bits per heavy atom. The number of piperidine rings is 2. The predicted octanol–water partition coefficient (Wildman–Crippen LogP) is 14.4. The van der Waals surface area contributed by atoms with E-state index in [0.717, 1.165) is 85.3 Å². The summed E-state index contributed by atoms with van der Waals surface area (Å²) in [6.07, 6.45) is 4.42. The summed E-state index contributed by atoms with van der Waals surface area (Å²) >= 11 is 7.14. The molecule has 2 saturated heterocycles. The molecule has 2 amide bonds. The Bertz CT molecular complexity index is 3500. The van der Waals surface area contributed by atoms with Gasteiger partial charge in [0, 0.05) is 80.1 Å². The van der Waals surface area contributed by atoms with Crippen LogP contribution in [-0.2, 0) is 27.5 Å². The van der Waals surface area contributed by atoms with Crippen LogP contribution in [0.1, 0.15) is 81.8 Å². The smallest absolute Gasteiger partial charge is 0.337 e. The van der Waals surface area contributed by atoms with Gasteiger partial charge < -0.3 is 38.3 Å². The summed E-state index contributed by atoms with van der Waals surface area (Å²) in [5.41, 5.74) is 9.87. The summed E-state index contributed by atoms with van der Waals surface area (Å²) in [6.45, 7) is 5.62. The van der Waals surface area contributed by atoms with Crippen molar-refractivity contribution in [3.05, 3.63) is 200 Å². The van der Waals surface area contributed by atoms with Crippen molar-refractivity contribution in [2.75, 3.05) is 30.0 Å². The first kappa shape index (κ1) is 54.0. The molecular formula is C61H54Br2F2N4O8. The van der Waals surface area contributed by atoms with Crippen molar-refractivity contribution in [1.29, 1.82) is 0 Å². The van der Waals surface area contributed by atoms with Crippen molar-refractivity contribution in [3.8, 4) is 45.4 Å². The molecule has 12 nitrogen and oxygen atoms in total. The lowest BCUT2D eigenvalue weighted by Gasteiger charge is -2.28. The predicted molar refractivity (Wildman–Crippen MR) is 299 cm³/mol. The van der Waals surface area contributed by atoms with Gasteiger partial charge in [0.15, 0.2) is 0 Å². The summed E-state index contributed by atoms with van der Waals surface area (Å²) in [4.78, 5) is 53.5. The third-order valence-electron chi connectivity index (χ3n) is 13.5. The van der Waals surface area contributed by atoms with Gasteiger partial charge in [-0.15, -0.1) is 0 Å². The normalized spacial score (nSPS) is 13.5. The Hall–Kier alpha value is -7.82. The highest BCUT2D eigenvalue weighted by Crippen LogP contribution is 2.40. The summed E-state index contributed by atoms with van der Waals surface area (Å²) < 4.78 is 49.8. The van der Waals surface area contributed by atoms with E-state index in [1.54, 1.807) is 58.3 Å². The van der Waals surface area contributed by atoms with Gasteiger partial charge in [0.25, 0.3) is 0 Å². The quantitative estimate of drug-likeness (QED) is 0.106. The third kappa shape index (κ3) is 12.6. The number of aryl methyl sites for hydroxylation is 2. The van der Waals surface area contributed by atoms with Crippen LogP contribution in [0.25, 0.3) is 33.9 Å². The first-order chi connectivity index (χ1) is 37.1. The van der Waals surface area contributed by atoms with Gasteiger partial charge in [0.05, 0.1) is 29.6 Å². The minimum Gasteiger partial charge on any atom is -0.488 e. The van der Waals surface area contributed by atoms with Crippen molar-refractivity contribution in [3.63, 3.8) is 0 Å². The molecule has 1 N–H and O–H groups in total. The van der Waals surface area contributed by atoms with Gasteiger partial charge >= 0.3 is 11.9 Å². The number of carbonyl (C=O) groups excluding carboxylic acids is 3. The fourth-order valence-electron chi connectivity index (χ4n) is 9.60. The van der Waals surface area contributed by atoms with E-state index in [9.17, 15) is 33.1 Å². The molecule has 2 aliphatic rings. The number of hydrogen-bond acceptors (Lipinski definition) is 7. The number of carboxylic acid groups (broad SMARTS) is 1. The number of carbonyl (C=O) groups is 4. The Morgan fingerprint density at radius 1 is 0.532 bits per heavy atom. The van der Waals surface area contributed by atoms with E-state index in [1.807, 2.05) is 95.8 Å². The molecule has 0 unspecified atom stereocenters. The van der Waals surface area contributed by atoms with Crippen LogP contribution in [0.5, 0.6) is 11.5 Å². The van der Waals surface area contributed by atoms with Crippen LogP contribution in [0.4, 0.5) is 20.2 Å². The minimum absolute atomic E-state index is 0.00217. The van der Waals surface area contributed by atoms with Gasteiger partial charge in [0.2, 0.25) is 11.8 Å². The molecule has 0 saturated carbocycles. The van der Waals surface area contributed by atoms with Gasteiger partial charge in [-0.1, -0.05) is 56.1 Å². The Balaban J connectivity index is 0.000000188. The summed E-state index contributed by atoms with van der Waals surface area (Å²) in [5.74, 6) is -0.818. The molecule has 6 aromatic carbocycles. The van der Waals surface area contributed by atoms with Crippen molar-refractivity contribution >= 4 is 67.0 Å². The molecule has 394 valence electrons. The zero-order chi connectivity index (χ0) is 54.3. The minimum atomic E-state index is -1.06. The van der Waals surface area contributed by atoms with Gasteiger partial charge in [-0.2, -0.15) is 0 Å². The van der Waals surface area contributed by atoms with Gasteiger partial charge in [0.1, 0.15) is 36.3 Å². The zero-order valence-corrected chi connectivity index (χ0v) is 45.7. The number of benzene rings is 6. The van der Waals surface area contributed by atoms with Gasteiger partial charge in [-0.25, -0.2) is 18.4 Å². The van der Waals surface area contributed by atoms with Crippen LogP contribution < -0.4 is 19.3 Å². The molecule has 10 rings (SSSR count). The van der Waals surface area contributed by atoms with Gasteiger partial charge in [-0.3, -0.25) is 9.59 Å². The highest BCUT2D eigenvalue weighted by atomic mass is 79.9. The monoisotopic (exact) mass is 1170 g/mol. The van der Waals surface area contributed by atoms with Crippen LogP contribution in [-0.4, -0.2) is 58.2 Å². The van der Waals surface area contributed by atoms with Crippen molar-refractivity contribution in [2.45, 2.75) is 65.6 Å². The molecule has 0 radical (unpaired) electrons. The van der Waals surface area contributed by atoms with Crippen LogP contribution in [0.3, 0.4) is 0 Å². The first-order valence-corrected chi connectivity index (χ1v) is 26.7. The fourth-order valence-corrected chi connectivity index (χ4v) is 10.3. The fraction of sp³-hybridized carbons (Fsp3) is 0.213. The lowest BCUT2D eigenvalue weighted by atomic mass is 10.1. The molecule has 2 aliphatic heterocycles. The number of aromatic carboxylic acids is 1. The molecule has 16 heteroatoms. The molecule has 0 aliphatic carbocycles. The number of rotatable bonds is 14. The Labute approximate surface area is 461 Å². The standard InChI is InChI=1S/C31H28BrFN2O4.C30H26BrFN2O4/c1-20-6-12-28(27-17-23(32)9-13-29(27)39-19-21-7-10-24(33)11-8-21)35(20)26-16-22(31(37)38-2)15-25(18-26)34-14-4-3-5-30(34)36;1-19-5-11-27(26-16-22(31)8-12-28(26)38-18-20-6-9-23(32)10-7-20)34(19)25-15-21(30(36)37)14-24(17-25)33-13-3-2-4-29(33)35/h6-13,15-18H,3-5,14,19H2,1-2H3;5-12,14-17H,2-4,13,18H2,1H3,(H,36,37). The molecule has 0 atom stereocenters. The molecule has 4 heterocycles. The molecule has 2 fully saturated rings. The molecule has 0 spiro atoms. The number of ether oxygens (including phenoxy) is 3. The van der Waals surface area contributed by atoms with Crippen molar-refractivity contribution in [2.24, 2.45) is 0 Å². The Morgan fingerprint density at radius 3 is 1.36 bits per heavy atom. The number of methoxy groups -OCH3 is 1. The van der Waals surface area contributed by atoms with E-state index in [-0.39, 0.29) is 42.2 Å². The van der Waals surface area contributed by atoms with E-state index in [1.165, 1.54) is 31.4 Å². The van der Waals surface area contributed by atoms with Crippen LogP contribution in [0.2, 0.25) is 0 Å². The third-order valence-corrected chi connectivity index (χ3v) is 14.4. The van der Waals surface area contributed by atoms with Crippen LogP contribution in [0, 0.1) is 25.5 Å². The number of hydrogen-bond donors (Lipinski definition) is 1. The summed E-state index contributed by atoms with van der Waals surface area (Å²) in [6, 6.07) is 42.2.